The van der Waals surface area contributed by atoms with Gasteiger partial charge in [-0.3, -0.25) is 4.79 Å². The minimum absolute atomic E-state index is 0.0167. The molecular weight excluding hydrogens is 303 g/mol. The summed E-state index contributed by atoms with van der Waals surface area (Å²) >= 11 is 0. The van der Waals surface area contributed by atoms with E-state index in [0.29, 0.717) is 12.1 Å². The zero-order valence-electron chi connectivity index (χ0n) is 14.7. The van der Waals surface area contributed by atoms with E-state index in [0.717, 1.165) is 22.3 Å². The Morgan fingerprint density at radius 1 is 1.17 bits per heavy atom. The average molecular weight is 329 g/mol. The lowest BCUT2D eigenvalue weighted by molar-refractivity contribution is -0.142. The number of nitrogens with one attached hydrogen (secondary N) is 1. The van der Waals surface area contributed by atoms with Gasteiger partial charge in [-0.15, -0.1) is 0 Å². The van der Waals surface area contributed by atoms with Gasteiger partial charge in [0.1, 0.15) is 0 Å². The molecule has 0 saturated heterocycles. The Hall–Kier alpha value is -1.36. The normalized spacial score (nSPS) is 13.5. The second kappa shape index (κ2) is 7.47. The summed E-state index contributed by atoms with van der Waals surface area (Å²) in [7, 11) is 0. The molecule has 1 rings (SSSR count). The highest BCUT2D eigenvalue weighted by Gasteiger charge is 2.33. The number of hydrogen-bond acceptors (Lipinski definition) is 2. The molecule has 1 aromatic carbocycles. The van der Waals surface area contributed by atoms with E-state index in [1.165, 1.54) is 6.92 Å². The van der Waals surface area contributed by atoms with Crippen molar-refractivity contribution < 1.29 is 18.0 Å². The smallest absolute Gasteiger partial charge is 0.309 e. The molecule has 130 valence electrons. The number of rotatable bonds is 6. The standard InChI is InChI=1S/C18H26F3NO/c1-10(2)16(8-18(19,20)21)22-9-15-11(3)7-12(4)17(13(15)5)14(6)23/h7,10,16,22H,8-9H2,1-6H3. The third-order valence-corrected chi connectivity index (χ3v) is 4.28. The molecule has 2 nitrogen and oxygen atoms in total. The zero-order chi connectivity index (χ0) is 17.9. The van der Waals surface area contributed by atoms with Crippen LogP contribution < -0.4 is 5.32 Å². The highest BCUT2D eigenvalue weighted by molar-refractivity contribution is 5.97. The molecule has 1 atom stereocenters. The van der Waals surface area contributed by atoms with Crippen LogP contribution in [0, 0.1) is 26.7 Å². The highest BCUT2D eigenvalue weighted by Crippen LogP contribution is 2.26. The summed E-state index contributed by atoms with van der Waals surface area (Å²) in [5.74, 6) is -0.146. The summed E-state index contributed by atoms with van der Waals surface area (Å²) in [4.78, 5) is 11.8. The maximum atomic E-state index is 12.7. The first-order valence-corrected chi connectivity index (χ1v) is 7.84. The summed E-state index contributed by atoms with van der Waals surface area (Å²) in [6.45, 7) is 11.1. The third kappa shape index (κ3) is 5.34. The first-order valence-electron chi connectivity index (χ1n) is 7.84. The van der Waals surface area contributed by atoms with Crippen molar-refractivity contribution in [2.75, 3.05) is 0 Å². The molecule has 1 N–H and O–H groups in total. The Kier molecular flexibility index (Phi) is 6.40. The molecule has 0 aliphatic heterocycles. The van der Waals surface area contributed by atoms with Gasteiger partial charge in [-0.05, 0) is 55.9 Å². The first kappa shape index (κ1) is 19.7. The molecule has 0 radical (unpaired) electrons. The minimum Gasteiger partial charge on any atom is -0.309 e. The monoisotopic (exact) mass is 329 g/mol. The van der Waals surface area contributed by atoms with Crippen LogP contribution in [0.2, 0.25) is 0 Å². The van der Waals surface area contributed by atoms with Crippen LogP contribution in [-0.2, 0) is 6.54 Å². The van der Waals surface area contributed by atoms with Crippen LogP contribution in [0.3, 0.4) is 0 Å². The highest BCUT2D eigenvalue weighted by atomic mass is 19.4. The van der Waals surface area contributed by atoms with Crippen LogP contribution in [0.25, 0.3) is 0 Å². The summed E-state index contributed by atoms with van der Waals surface area (Å²) < 4.78 is 38.1. The quantitative estimate of drug-likeness (QED) is 0.754. The molecule has 5 heteroatoms. The van der Waals surface area contributed by atoms with Crippen molar-refractivity contribution in [2.45, 2.75) is 66.7 Å². The zero-order valence-corrected chi connectivity index (χ0v) is 14.7. The Morgan fingerprint density at radius 2 is 1.74 bits per heavy atom. The predicted molar refractivity (Wildman–Crippen MR) is 86.8 cm³/mol. The van der Waals surface area contributed by atoms with Gasteiger partial charge in [-0.25, -0.2) is 0 Å². The molecule has 0 aromatic heterocycles. The van der Waals surface area contributed by atoms with E-state index >= 15 is 0 Å². The van der Waals surface area contributed by atoms with Gasteiger partial charge in [-0.1, -0.05) is 19.9 Å². The van der Waals surface area contributed by atoms with Gasteiger partial charge >= 0.3 is 6.18 Å². The van der Waals surface area contributed by atoms with Crippen molar-refractivity contribution in [3.8, 4) is 0 Å². The molecule has 0 aliphatic rings. The number of alkyl halides is 3. The van der Waals surface area contributed by atoms with Gasteiger partial charge in [0.2, 0.25) is 0 Å². The summed E-state index contributed by atoms with van der Waals surface area (Å²) in [6.07, 6.45) is -5.04. The van der Waals surface area contributed by atoms with E-state index in [2.05, 4.69) is 5.32 Å². The van der Waals surface area contributed by atoms with Crippen molar-refractivity contribution in [2.24, 2.45) is 5.92 Å². The summed E-state index contributed by atoms with van der Waals surface area (Å²) in [5.41, 5.74) is 4.34. The average Bonchev–Trinajstić information content (AvgIpc) is 2.34. The fourth-order valence-corrected chi connectivity index (χ4v) is 3.07. The number of ketones is 1. The Bertz CT molecular complexity index is 577. The molecule has 1 aromatic rings. The maximum absolute atomic E-state index is 12.7. The fraction of sp³-hybridized carbons (Fsp3) is 0.611. The summed E-state index contributed by atoms with van der Waals surface area (Å²) in [5, 5.41) is 3.03. The van der Waals surface area contributed by atoms with Crippen LogP contribution in [0.15, 0.2) is 6.07 Å². The number of Topliss-reactive ketones (excluding diaryl/α,β-unsaturated/α-hetero) is 1. The molecule has 0 heterocycles. The van der Waals surface area contributed by atoms with Crippen molar-refractivity contribution in [1.29, 1.82) is 0 Å². The summed E-state index contributed by atoms with van der Waals surface area (Å²) in [6, 6.07) is 1.28. The number of halogens is 3. The molecule has 0 aliphatic carbocycles. The second-order valence-electron chi connectivity index (χ2n) is 6.60. The van der Waals surface area contributed by atoms with E-state index < -0.39 is 18.6 Å². The lowest BCUT2D eigenvalue weighted by Crippen LogP contribution is -2.37. The van der Waals surface area contributed by atoms with E-state index in [1.54, 1.807) is 13.8 Å². The van der Waals surface area contributed by atoms with Crippen molar-refractivity contribution in [1.82, 2.24) is 5.32 Å². The lowest BCUT2D eigenvalue weighted by atomic mass is 9.91. The van der Waals surface area contributed by atoms with Crippen LogP contribution in [0.4, 0.5) is 13.2 Å². The molecule has 0 fully saturated rings. The SMILES string of the molecule is CC(=O)c1c(C)cc(C)c(CNC(CC(F)(F)F)C(C)C)c1C. The number of carbonyl (C=O) groups excluding carboxylic acids is 1. The van der Waals surface area contributed by atoms with Gasteiger partial charge in [0, 0.05) is 18.2 Å². The van der Waals surface area contributed by atoms with Crippen LogP contribution >= 0.6 is 0 Å². The molecule has 0 spiro atoms. The molecule has 0 bridgehead atoms. The number of aryl methyl sites for hydroxylation is 2. The van der Waals surface area contributed by atoms with E-state index in [9.17, 15) is 18.0 Å². The largest absolute Gasteiger partial charge is 0.390 e. The number of carbonyl (C=O) groups is 1. The maximum Gasteiger partial charge on any atom is 0.390 e. The van der Waals surface area contributed by atoms with Crippen LogP contribution in [0.5, 0.6) is 0 Å². The molecule has 1 unspecified atom stereocenters. The van der Waals surface area contributed by atoms with Gasteiger partial charge in [-0.2, -0.15) is 13.2 Å². The number of hydrogen-bond donors (Lipinski definition) is 1. The Morgan fingerprint density at radius 3 is 2.17 bits per heavy atom. The van der Waals surface area contributed by atoms with E-state index in [1.807, 2.05) is 26.8 Å². The van der Waals surface area contributed by atoms with Crippen LogP contribution in [-0.4, -0.2) is 18.0 Å². The number of benzene rings is 1. The third-order valence-electron chi connectivity index (χ3n) is 4.28. The lowest BCUT2D eigenvalue weighted by Gasteiger charge is -2.25. The van der Waals surface area contributed by atoms with Gasteiger partial charge in [0.25, 0.3) is 0 Å². The topological polar surface area (TPSA) is 29.1 Å². The molecule has 23 heavy (non-hydrogen) atoms. The van der Waals surface area contributed by atoms with Crippen molar-refractivity contribution in [3.05, 3.63) is 33.9 Å². The first-order chi connectivity index (χ1) is 10.4. The Labute approximate surface area is 136 Å². The fourth-order valence-electron chi connectivity index (χ4n) is 3.07. The Balaban J connectivity index is 3.04. The van der Waals surface area contributed by atoms with E-state index in [4.69, 9.17) is 0 Å². The van der Waals surface area contributed by atoms with Crippen molar-refractivity contribution in [3.63, 3.8) is 0 Å². The van der Waals surface area contributed by atoms with Gasteiger partial charge < -0.3 is 5.32 Å². The van der Waals surface area contributed by atoms with Gasteiger partial charge in [0.05, 0.1) is 6.42 Å². The van der Waals surface area contributed by atoms with Crippen molar-refractivity contribution >= 4 is 5.78 Å². The van der Waals surface area contributed by atoms with Crippen LogP contribution in [0.1, 0.15) is 59.8 Å². The van der Waals surface area contributed by atoms with Gasteiger partial charge in [0.15, 0.2) is 5.78 Å². The second-order valence-corrected chi connectivity index (χ2v) is 6.60. The molecule has 0 amide bonds. The minimum atomic E-state index is -4.19. The molecule has 0 saturated carbocycles. The van der Waals surface area contributed by atoms with E-state index in [-0.39, 0.29) is 11.7 Å². The predicted octanol–water partition coefficient (Wildman–Crippen LogP) is 4.88. The molecular formula is C18H26F3NO.